The van der Waals surface area contributed by atoms with Crippen molar-refractivity contribution in [3.05, 3.63) is 29.8 Å². The molecule has 0 fully saturated rings. The Hall–Kier alpha value is -1.71. The van der Waals surface area contributed by atoms with Crippen LogP contribution in [0.25, 0.3) is 0 Å². The van der Waals surface area contributed by atoms with Crippen molar-refractivity contribution < 1.29 is 4.74 Å². The first-order valence-electron chi connectivity index (χ1n) is 7.75. The zero-order valence-electron chi connectivity index (χ0n) is 13.9. The Morgan fingerprint density at radius 1 is 1.19 bits per heavy atom. The third-order valence-electron chi connectivity index (χ3n) is 3.29. The third kappa shape index (κ3) is 6.52. The molecule has 1 rings (SSSR count). The van der Waals surface area contributed by atoms with Crippen molar-refractivity contribution in [3.8, 4) is 5.75 Å². The van der Waals surface area contributed by atoms with E-state index in [9.17, 15) is 0 Å². The fraction of sp³-hybridized carbons (Fsp3) is 0.588. The second kappa shape index (κ2) is 9.27. The van der Waals surface area contributed by atoms with Crippen molar-refractivity contribution in [1.82, 2.24) is 10.6 Å². The Balaban J connectivity index is 2.51. The van der Waals surface area contributed by atoms with Crippen molar-refractivity contribution in [3.63, 3.8) is 0 Å². The molecule has 4 nitrogen and oxygen atoms in total. The van der Waals surface area contributed by atoms with E-state index in [1.54, 1.807) is 7.11 Å². The van der Waals surface area contributed by atoms with E-state index in [0.29, 0.717) is 12.0 Å². The van der Waals surface area contributed by atoms with Gasteiger partial charge in [0.1, 0.15) is 5.75 Å². The summed E-state index contributed by atoms with van der Waals surface area (Å²) in [7, 11) is 1.69. The van der Waals surface area contributed by atoms with Gasteiger partial charge in [-0.3, -0.25) is 4.99 Å². The lowest BCUT2D eigenvalue weighted by molar-refractivity contribution is 0.414. The third-order valence-corrected chi connectivity index (χ3v) is 3.29. The fourth-order valence-electron chi connectivity index (χ4n) is 2.06. The maximum atomic E-state index is 5.19. The van der Waals surface area contributed by atoms with Crippen molar-refractivity contribution in [1.29, 1.82) is 0 Å². The molecule has 0 amide bonds. The van der Waals surface area contributed by atoms with Gasteiger partial charge in [0.25, 0.3) is 0 Å². The van der Waals surface area contributed by atoms with Gasteiger partial charge in [0.15, 0.2) is 5.96 Å². The molecule has 0 heterocycles. The summed E-state index contributed by atoms with van der Waals surface area (Å²) in [6.07, 6.45) is 1.03. The number of guanidine groups is 1. The van der Waals surface area contributed by atoms with Gasteiger partial charge in [0.05, 0.1) is 7.11 Å². The molecule has 0 spiro atoms. The number of benzene rings is 1. The van der Waals surface area contributed by atoms with Gasteiger partial charge in [0.2, 0.25) is 0 Å². The lowest BCUT2D eigenvalue weighted by Crippen LogP contribution is -2.41. The molecule has 1 aromatic carbocycles. The molecule has 0 saturated carbocycles. The van der Waals surface area contributed by atoms with E-state index in [1.165, 1.54) is 5.56 Å². The Bertz CT molecular complexity index is 426. The first-order valence-corrected chi connectivity index (χ1v) is 7.75. The lowest BCUT2D eigenvalue weighted by atomic mass is 9.98. The van der Waals surface area contributed by atoms with E-state index in [4.69, 9.17) is 4.74 Å². The Morgan fingerprint density at radius 3 is 2.38 bits per heavy atom. The second-order valence-corrected chi connectivity index (χ2v) is 5.52. The zero-order chi connectivity index (χ0) is 15.7. The normalized spacial score (nSPS) is 13.1. The van der Waals surface area contributed by atoms with Crippen molar-refractivity contribution in [2.45, 2.75) is 46.1 Å². The van der Waals surface area contributed by atoms with Gasteiger partial charge in [0, 0.05) is 19.1 Å². The molecule has 1 atom stereocenters. The maximum Gasteiger partial charge on any atom is 0.191 e. The molecule has 0 aliphatic heterocycles. The molecule has 0 aromatic heterocycles. The van der Waals surface area contributed by atoms with Gasteiger partial charge in [-0.1, -0.05) is 19.1 Å². The number of hydrogen-bond donors (Lipinski definition) is 2. The van der Waals surface area contributed by atoms with Crippen molar-refractivity contribution in [2.24, 2.45) is 4.99 Å². The van der Waals surface area contributed by atoms with E-state index in [1.807, 2.05) is 12.1 Å². The van der Waals surface area contributed by atoms with Crippen LogP contribution in [0.3, 0.4) is 0 Å². The molecular weight excluding hydrogens is 262 g/mol. The highest BCUT2D eigenvalue weighted by atomic mass is 16.5. The van der Waals surface area contributed by atoms with E-state index < -0.39 is 0 Å². The summed E-state index contributed by atoms with van der Waals surface area (Å²) in [6, 6.07) is 8.68. The predicted octanol–water partition coefficient (Wildman–Crippen LogP) is 3.15. The molecule has 0 bridgehead atoms. The average Bonchev–Trinajstić information content (AvgIpc) is 2.46. The molecule has 0 saturated heterocycles. The highest BCUT2D eigenvalue weighted by molar-refractivity contribution is 5.79. The van der Waals surface area contributed by atoms with Crippen molar-refractivity contribution >= 4 is 5.96 Å². The second-order valence-electron chi connectivity index (χ2n) is 5.52. The van der Waals surface area contributed by atoms with Gasteiger partial charge in [-0.2, -0.15) is 0 Å². The SMILES string of the molecule is CCNC(=NCCC(C)c1ccc(OC)cc1)NC(C)C. The van der Waals surface area contributed by atoms with Crippen LogP contribution in [-0.4, -0.2) is 32.2 Å². The molecule has 21 heavy (non-hydrogen) atoms. The number of hydrogen-bond acceptors (Lipinski definition) is 2. The Labute approximate surface area is 129 Å². The summed E-state index contributed by atoms with van der Waals surface area (Å²) < 4.78 is 5.19. The van der Waals surface area contributed by atoms with Gasteiger partial charge >= 0.3 is 0 Å². The number of nitrogens with zero attached hydrogens (tertiary/aromatic N) is 1. The molecule has 4 heteroatoms. The highest BCUT2D eigenvalue weighted by Crippen LogP contribution is 2.21. The quantitative estimate of drug-likeness (QED) is 0.599. The van der Waals surface area contributed by atoms with Crippen LogP contribution in [0.1, 0.15) is 45.6 Å². The summed E-state index contributed by atoms with van der Waals surface area (Å²) >= 11 is 0. The van der Waals surface area contributed by atoms with E-state index >= 15 is 0 Å². The Morgan fingerprint density at radius 2 is 1.86 bits per heavy atom. The lowest BCUT2D eigenvalue weighted by Gasteiger charge is -2.15. The molecule has 0 radical (unpaired) electrons. The van der Waals surface area contributed by atoms with Gasteiger partial charge < -0.3 is 15.4 Å². The summed E-state index contributed by atoms with van der Waals surface area (Å²) in [5, 5.41) is 6.60. The van der Waals surface area contributed by atoms with Gasteiger partial charge in [-0.25, -0.2) is 0 Å². The maximum absolute atomic E-state index is 5.19. The highest BCUT2D eigenvalue weighted by Gasteiger charge is 2.06. The van der Waals surface area contributed by atoms with Crippen molar-refractivity contribution in [2.75, 3.05) is 20.2 Å². The fourth-order valence-corrected chi connectivity index (χ4v) is 2.06. The van der Waals surface area contributed by atoms with E-state index in [2.05, 4.69) is 55.5 Å². The zero-order valence-corrected chi connectivity index (χ0v) is 13.9. The molecule has 0 aliphatic rings. The monoisotopic (exact) mass is 291 g/mol. The summed E-state index contributed by atoms with van der Waals surface area (Å²) in [6.45, 7) is 10.2. The van der Waals surface area contributed by atoms with Crippen LogP contribution >= 0.6 is 0 Å². The molecule has 118 valence electrons. The van der Waals surface area contributed by atoms with Crippen LogP contribution in [0.4, 0.5) is 0 Å². The first-order chi connectivity index (χ1) is 10.1. The summed E-state index contributed by atoms with van der Waals surface area (Å²) in [5.74, 6) is 2.29. The van der Waals surface area contributed by atoms with Gasteiger partial charge in [-0.15, -0.1) is 0 Å². The van der Waals surface area contributed by atoms with Crippen LogP contribution < -0.4 is 15.4 Å². The van der Waals surface area contributed by atoms with Gasteiger partial charge in [-0.05, 0) is 50.8 Å². The van der Waals surface area contributed by atoms with Crippen LogP contribution in [0, 0.1) is 0 Å². The minimum Gasteiger partial charge on any atom is -0.497 e. The largest absolute Gasteiger partial charge is 0.497 e. The average molecular weight is 291 g/mol. The number of rotatable bonds is 7. The van der Waals surface area contributed by atoms with Crippen LogP contribution in [-0.2, 0) is 0 Å². The van der Waals surface area contributed by atoms with Crippen LogP contribution in [0.2, 0.25) is 0 Å². The topological polar surface area (TPSA) is 45.7 Å². The molecule has 1 unspecified atom stereocenters. The number of nitrogens with one attached hydrogen (secondary N) is 2. The molecule has 1 aromatic rings. The molecular formula is C17H29N3O. The molecule has 2 N–H and O–H groups in total. The van der Waals surface area contributed by atoms with Crippen LogP contribution in [0.15, 0.2) is 29.3 Å². The Kier molecular flexibility index (Phi) is 7.65. The predicted molar refractivity (Wildman–Crippen MR) is 90.3 cm³/mol. The smallest absolute Gasteiger partial charge is 0.191 e. The van der Waals surface area contributed by atoms with Crippen LogP contribution in [0.5, 0.6) is 5.75 Å². The standard InChI is InChI=1S/C17H29N3O/c1-6-18-17(20-13(2)3)19-12-11-14(4)15-7-9-16(21-5)10-8-15/h7-10,13-14H,6,11-12H2,1-5H3,(H2,18,19,20). The number of aliphatic imine (C=N–C) groups is 1. The minimum absolute atomic E-state index is 0.391. The summed E-state index contributed by atoms with van der Waals surface area (Å²) in [4.78, 5) is 4.62. The van der Waals surface area contributed by atoms with E-state index in [0.717, 1.165) is 31.2 Å². The minimum atomic E-state index is 0.391. The molecule has 0 aliphatic carbocycles. The summed E-state index contributed by atoms with van der Waals surface area (Å²) in [5.41, 5.74) is 1.33. The van der Waals surface area contributed by atoms with E-state index in [-0.39, 0.29) is 0 Å². The number of methoxy groups -OCH3 is 1. The number of ether oxygens (including phenoxy) is 1. The first kappa shape index (κ1) is 17.3.